The van der Waals surface area contributed by atoms with Crippen LogP contribution in [0, 0.1) is 16.7 Å². The van der Waals surface area contributed by atoms with Crippen LogP contribution in [0.3, 0.4) is 0 Å². The number of hydrogen-bond acceptors (Lipinski definition) is 2. The van der Waals surface area contributed by atoms with E-state index >= 15 is 0 Å². The van der Waals surface area contributed by atoms with Crippen LogP contribution in [-0.2, 0) is 4.74 Å². The van der Waals surface area contributed by atoms with Crippen molar-refractivity contribution in [3.05, 3.63) is 36.0 Å². The second-order valence-corrected chi connectivity index (χ2v) is 5.62. The fraction of sp³-hybridized carbons (Fsp3) is 0.562. The second-order valence-electron chi connectivity index (χ2n) is 5.62. The van der Waals surface area contributed by atoms with E-state index in [4.69, 9.17) is 10.1 Å². The maximum absolute atomic E-state index is 7.41. The third-order valence-electron chi connectivity index (χ3n) is 3.26. The summed E-state index contributed by atoms with van der Waals surface area (Å²) >= 11 is 0. The van der Waals surface area contributed by atoms with Gasteiger partial charge in [-0.15, -0.1) is 0 Å². The summed E-state index contributed by atoms with van der Waals surface area (Å²) in [4.78, 5) is 0. The molecule has 0 radical (unpaired) electrons. The highest BCUT2D eigenvalue weighted by atomic mass is 16.5. The van der Waals surface area contributed by atoms with Crippen LogP contribution in [0.2, 0.25) is 0 Å². The first kappa shape index (κ1) is 14.9. The van der Waals surface area contributed by atoms with Crippen molar-refractivity contribution in [3.8, 4) is 0 Å². The molecule has 18 heavy (non-hydrogen) atoms. The Kier molecular flexibility index (Phi) is 6.06. The van der Waals surface area contributed by atoms with E-state index in [1.165, 1.54) is 18.2 Å². The Hall–Kier alpha value is -1.15. The number of methoxy groups -OCH3 is 1. The average Bonchev–Trinajstić information content (AvgIpc) is 2.40. The lowest BCUT2D eigenvalue weighted by Crippen LogP contribution is -2.09. The molecule has 2 nitrogen and oxygen atoms in total. The Morgan fingerprint density at radius 1 is 1.50 bits per heavy atom. The predicted molar refractivity (Wildman–Crippen MR) is 78.1 cm³/mol. The lowest BCUT2D eigenvalue weighted by atomic mass is 9.87. The summed E-state index contributed by atoms with van der Waals surface area (Å²) in [5, 5.41) is 7.41. The minimum Gasteiger partial charge on any atom is -0.384 e. The van der Waals surface area contributed by atoms with Crippen LogP contribution < -0.4 is 0 Å². The molecule has 0 unspecified atom stereocenters. The van der Waals surface area contributed by atoms with Crippen molar-refractivity contribution in [1.82, 2.24) is 0 Å². The highest BCUT2D eigenvalue weighted by molar-refractivity contribution is 5.58. The summed E-state index contributed by atoms with van der Waals surface area (Å²) in [6.45, 7) is 5.15. The molecule has 0 aromatic rings. The highest BCUT2D eigenvalue weighted by Gasteiger charge is 2.13. The molecule has 0 aromatic heterocycles. The Bertz CT molecular complexity index is 350. The van der Waals surface area contributed by atoms with Gasteiger partial charge in [0.05, 0.1) is 6.61 Å². The molecule has 0 heterocycles. The van der Waals surface area contributed by atoms with E-state index < -0.39 is 0 Å². The van der Waals surface area contributed by atoms with Crippen molar-refractivity contribution >= 4 is 6.21 Å². The molecule has 100 valence electrons. The molecule has 0 fully saturated rings. The monoisotopic (exact) mass is 247 g/mol. The van der Waals surface area contributed by atoms with Gasteiger partial charge in [0.15, 0.2) is 0 Å². The first-order valence-corrected chi connectivity index (χ1v) is 6.62. The molecule has 0 bridgehead atoms. The van der Waals surface area contributed by atoms with Gasteiger partial charge in [0.1, 0.15) is 0 Å². The van der Waals surface area contributed by atoms with Gasteiger partial charge < -0.3 is 10.1 Å². The molecule has 0 spiro atoms. The maximum atomic E-state index is 7.41. The lowest BCUT2D eigenvalue weighted by molar-refractivity contribution is 0.177. The molecule has 0 saturated heterocycles. The van der Waals surface area contributed by atoms with Crippen molar-refractivity contribution in [2.75, 3.05) is 13.7 Å². The Morgan fingerprint density at radius 2 is 2.28 bits per heavy atom. The van der Waals surface area contributed by atoms with Gasteiger partial charge in [-0.05, 0) is 30.3 Å². The molecule has 0 amide bonds. The van der Waals surface area contributed by atoms with E-state index in [0.29, 0.717) is 6.61 Å². The van der Waals surface area contributed by atoms with Crippen molar-refractivity contribution < 1.29 is 4.74 Å². The molecule has 1 rings (SSSR count). The predicted octanol–water partition coefficient (Wildman–Crippen LogP) is 4.15. The van der Waals surface area contributed by atoms with Gasteiger partial charge in [-0.1, -0.05) is 44.2 Å². The van der Waals surface area contributed by atoms with Crippen molar-refractivity contribution in [2.24, 2.45) is 11.3 Å². The minimum absolute atomic E-state index is 0.174. The molecule has 0 aliphatic heterocycles. The van der Waals surface area contributed by atoms with E-state index in [-0.39, 0.29) is 11.3 Å². The fourth-order valence-corrected chi connectivity index (χ4v) is 2.08. The molecular formula is C16H25NO. The van der Waals surface area contributed by atoms with Crippen LogP contribution in [-0.4, -0.2) is 19.9 Å². The summed E-state index contributed by atoms with van der Waals surface area (Å²) in [5.74, 6) is 0.174. The maximum Gasteiger partial charge on any atom is 0.0543 e. The summed E-state index contributed by atoms with van der Waals surface area (Å²) in [5.41, 5.74) is 1.54. The molecule has 1 N–H and O–H groups in total. The highest BCUT2D eigenvalue weighted by Crippen LogP contribution is 2.26. The van der Waals surface area contributed by atoms with Crippen molar-refractivity contribution in [3.63, 3.8) is 0 Å². The SMILES string of the molecule is COC[C@@H](C=N)C/C1=C/C=C\C(C)(C)CCC=C1. The van der Waals surface area contributed by atoms with E-state index in [1.54, 1.807) is 7.11 Å². The molecule has 1 aliphatic carbocycles. The topological polar surface area (TPSA) is 33.1 Å². The molecular weight excluding hydrogens is 222 g/mol. The van der Waals surface area contributed by atoms with Crippen molar-refractivity contribution in [2.45, 2.75) is 33.1 Å². The van der Waals surface area contributed by atoms with Gasteiger partial charge in [-0.25, -0.2) is 0 Å². The van der Waals surface area contributed by atoms with Crippen LogP contribution in [0.1, 0.15) is 33.1 Å². The largest absolute Gasteiger partial charge is 0.384 e. The number of hydrogen-bond donors (Lipinski definition) is 1. The van der Waals surface area contributed by atoms with E-state index in [2.05, 4.69) is 44.2 Å². The van der Waals surface area contributed by atoms with Crippen LogP contribution in [0.25, 0.3) is 0 Å². The number of rotatable bonds is 5. The van der Waals surface area contributed by atoms with Crippen LogP contribution >= 0.6 is 0 Å². The number of allylic oxidation sites excluding steroid dienone is 6. The summed E-state index contributed by atoms with van der Waals surface area (Å²) < 4.78 is 5.13. The Labute approximate surface area is 111 Å². The molecule has 1 aliphatic rings. The molecule has 1 atom stereocenters. The Morgan fingerprint density at radius 3 is 2.94 bits per heavy atom. The van der Waals surface area contributed by atoms with Crippen LogP contribution in [0.15, 0.2) is 36.0 Å². The summed E-state index contributed by atoms with van der Waals surface area (Å²) in [6.07, 6.45) is 15.7. The quantitative estimate of drug-likeness (QED) is 0.727. The average molecular weight is 247 g/mol. The van der Waals surface area contributed by atoms with Crippen molar-refractivity contribution in [1.29, 1.82) is 5.41 Å². The fourth-order valence-electron chi connectivity index (χ4n) is 2.08. The van der Waals surface area contributed by atoms with Crippen LogP contribution in [0.5, 0.6) is 0 Å². The molecule has 0 saturated carbocycles. The molecule has 0 aromatic carbocycles. The van der Waals surface area contributed by atoms with E-state index in [1.807, 2.05) is 0 Å². The van der Waals surface area contributed by atoms with E-state index in [9.17, 15) is 0 Å². The van der Waals surface area contributed by atoms with Gasteiger partial charge in [0, 0.05) is 19.2 Å². The lowest BCUT2D eigenvalue weighted by Gasteiger charge is -2.18. The van der Waals surface area contributed by atoms with Crippen LogP contribution in [0.4, 0.5) is 0 Å². The number of nitrogens with one attached hydrogen (secondary N) is 1. The zero-order valence-corrected chi connectivity index (χ0v) is 11.8. The first-order valence-electron chi connectivity index (χ1n) is 6.62. The summed E-state index contributed by atoms with van der Waals surface area (Å²) in [7, 11) is 1.69. The zero-order valence-electron chi connectivity index (χ0n) is 11.8. The third kappa shape index (κ3) is 5.46. The smallest absolute Gasteiger partial charge is 0.0543 e. The van der Waals surface area contributed by atoms with Gasteiger partial charge >= 0.3 is 0 Å². The zero-order chi connectivity index (χ0) is 13.4. The van der Waals surface area contributed by atoms with E-state index in [0.717, 1.165) is 12.8 Å². The summed E-state index contributed by atoms with van der Waals surface area (Å²) in [6, 6.07) is 0. The minimum atomic E-state index is 0.174. The normalized spacial score (nSPS) is 25.2. The van der Waals surface area contributed by atoms with Gasteiger partial charge in [-0.2, -0.15) is 0 Å². The standard InChI is InChI=1S/C16H25NO/c1-16(2)9-5-4-7-14(8-6-10-16)11-15(12-17)13-18-3/h4,6-8,10,12,15,17H,5,9,11,13H2,1-3H3/b7-4?,10-6-,14-8+,17-12?/t15-/m1/s1. The second kappa shape index (κ2) is 7.32. The Balaban J connectivity index is 2.73. The third-order valence-corrected chi connectivity index (χ3v) is 3.26. The number of ether oxygens (including phenoxy) is 1. The van der Waals surface area contributed by atoms with Gasteiger partial charge in [-0.3, -0.25) is 0 Å². The molecule has 2 heteroatoms. The first-order chi connectivity index (χ1) is 8.57. The van der Waals surface area contributed by atoms with Gasteiger partial charge in [0.2, 0.25) is 0 Å². The van der Waals surface area contributed by atoms with Gasteiger partial charge in [0.25, 0.3) is 0 Å².